The van der Waals surface area contributed by atoms with Gasteiger partial charge in [0.25, 0.3) is 5.91 Å². The van der Waals surface area contributed by atoms with Crippen molar-refractivity contribution in [3.05, 3.63) is 17.6 Å². The lowest BCUT2D eigenvalue weighted by atomic mass is 9.76. The van der Waals surface area contributed by atoms with Crippen molar-refractivity contribution in [2.45, 2.75) is 58.4 Å². The average Bonchev–Trinajstić information content (AvgIpc) is 2.89. The second kappa shape index (κ2) is 6.98. The summed E-state index contributed by atoms with van der Waals surface area (Å²) in [6, 6.07) is 1.71. The molecule has 1 atom stereocenters. The molecule has 7 heteroatoms. The predicted octanol–water partition coefficient (Wildman–Crippen LogP) is 1.94. The zero-order valence-electron chi connectivity index (χ0n) is 15.3. The summed E-state index contributed by atoms with van der Waals surface area (Å²) >= 11 is 0. The van der Waals surface area contributed by atoms with Gasteiger partial charge >= 0.3 is 6.03 Å². The van der Waals surface area contributed by atoms with Crippen LogP contribution in [0, 0.1) is 12.8 Å². The van der Waals surface area contributed by atoms with E-state index < -0.39 is 5.54 Å². The fourth-order valence-corrected chi connectivity index (χ4v) is 4.09. The molecular formula is C18H27N5O2. The Morgan fingerprint density at radius 3 is 2.52 bits per heavy atom. The van der Waals surface area contributed by atoms with Gasteiger partial charge < -0.3 is 10.2 Å². The molecule has 0 radical (unpaired) electrons. The maximum Gasteiger partial charge on any atom is 0.322 e. The van der Waals surface area contributed by atoms with Crippen LogP contribution in [0.2, 0.25) is 0 Å². The molecular weight excluding hydrogens is 318 g/mol. The number of anilines is 1. The lowest BCUT2D eigenvalue weighted by molar-refractivity contribution is -0.126. The van der Waals surface area contributed by atoms with E-state index in [1.165, 1.54) is 0 Å². The molecule has 1 aromatic rings. The lowest BCUT2D eigenvalue weighted by Gasteiger charge is -2.40. The molecule has 25 heavy (non-hydrogen) atoms. The molecule has 2 fully saturated rings. The van der Waals surface area contributed by atoms with Crippen molar-refractivity contribution in [3.8, 4) is 0 Å². The molecule has 3 amide bonds. The first-order chi connectivity index (χ1) is 12.0. The molecule has 2 aliphatic rings. The number of hydrogen-bond donors (Lipinski definition) is 2. The van der Waals surface area contributed by atoms with Crippen molar-refractivity contribution in [1.29, 1.82) is 0 Å². The number of aromatic nitrogens is 2. The summed E-state index contributed by atoms with van der Waals surface area (Å²) in [4.78, 5) is 35.3. The van der Waals surface area contributed by atoms with Gasteiger partial charge in [0.2, 0.25) is 0 Å². The van der Waals surface area contributed by atoms with Gasteiger partial charge in [-0.2, -0.15) is 0 Å². The van der Waals surface area contributed by atoms with Crippen molar-refractivity contribution < 1.29 is 9.59 Å². The van der Waals surface area contributed by atoms with Crippen molar-refractivity contribution in [2.24, 2.45) is 5.92 Å². The number of piperidine rings is 1. The van der Waals surface area contributed by atoms with E-state index in [-0.39, 0.29) is 17.9 Å². The summed E-state index contributed by atoms with van der Waals surface area (Å²) in [7, 11) is 0. The van der Waals surface area contributed by atoms with Gasteiger partial charge in [0.1, 0.15) is 17.2 Å². The Hall–Kier alpha value is -2.18. The number of nitrogens with one attached hydrogen (secondary N) is 2. The fraction of sp³-hybridized carbons (Fsp3) is 0.667. The van der Waals surface area contributed by atoms with Crippen molar-refractivity contribution in [2.75, 3.05) is 18.0 Å². The molecule has 2 aliphatic heterocycles. The number of aryl methyl sites for hydroxylation is 2. The summed E-state index contributed by atoms with van der Waals surface area (Å²) in [6.07, 6.45) is 4.34. The summed E-state index contributed by atoms with van der Waals surface area (Å²) in [6.45, 7) is 7.70. The van der Waals surface area contributed by atoms with E-state index in [1.54, 1.807) is 0 Å². The number of urea groups is 1. The monoisotopic (exact) mass is 345 g/mol. The van der Waals surface area contributed by atoms with Crippen LogP contribution in [0.25, 0.3) is 0 Å². The van der Waals surface area contributed by atoms with E-state index in [0.29, 0.717) is 6.42 Å². The SMILES string of the molecule is CCCc1cc(N2CCC([C@@]3(CC)NC(=O)NC3=O)CC2)nc(C)n1. The topological polar surface area (TPSA) is 87.2 Å². The van der Waals surface area contributed by atoms with Gasteiger partial charge in [-0.1, -0.05) is 20.3 Å². The summed E-state index contributed by atoms with van der Waals surface area (Å²) in [5, 5.41) is 5.29. The van der Waals surface area contributed by atoms with Gasteiger partial charge in [0.15, 0.2) is 0 Å². The highest BCUT2D eigenvalue weighted by Crippen LogP contribution is 2.34. The third kappa shape index (κ3) is 3.32. The van der Waals surface area contributed by atoms with E-state index in [9.17, 15) is 9.59 Å². The third-order valence-corrected chi connectivity index (χ3v) is 5.43. The number of rotatable bonds is 5. The van der Waals surface area contributed by atoms with Crippen LogP contribution < -0.4 is 15.5 Å². The second-order valence-electron chi connectivity index (χ2n) is 7.01. The molecule has 7 nitrogen and oxygen atoms in total. The molecule has 0 aromatic carbocycles. The Morgan fingerprint density at radius 2 is 1.96 bits per heavy atom. The number of amides is 3. The molecule has 2 saturated heterocycles. The zero-order chi connectivity index (χ0) is 18.0. The van der Waals surface area contributed by atoms with E-state index in [4.69, 9.17) is 0 Å². The first-order valence-electron chi connectivity index (χ1n) is 9.21. The normalized spacial score (nSPS) is 24.4. The van der Waals surface area contributed by atoms with Gasteiger partial charge in [-0.05, 0) is 38.5 Å². The van der Waals surface area contributed by atoms with Gasteiger partial charge in [-0.3, -0.25) is 10.1 Å². The Bertz CT molecular complexity index is 669. The first-order valence-corrected chi connectivity index (χ1v) is 9.21. The fourth-order valence-electron chi connectivity index (χ4n) is 4.09. The van der Waals surface area contributed by atoms with Crippen LogP contribution in [0.5, 0.6) is 0 Å². The number of hydrogen-bond acceptors (Lipinski definition) is 5. The minimum absolute atomic E-state index is 0.151. The van der Waals surface area contributed by atoms with Crippen LogP contribution in [-0.2, 0) is 11.2 Å². The predicted molar refractivity (Wildman–Crippen MR) is 95.4 cm³/mol. The van der Waals surface area contributed by atoms with Crippen LogP contribution in [0.3, 0.4) is 0 Å². The molecule has 0 saturated carbocycles. The van der Waals surface area contributed by atoms with Gasteiger partial charge in [0, 0.05) is 24.8 Å². The second-order valence-corrected chi connectivity index (χ2v) is 7.01. The largest absolute Gasteiger partial charge is 0.356 e. The molecule has 3 rings (SSSR count). The van der Waals surface area contributed by atoms with E-state index in [2.05, 4.69) is 38.5 Å². The number of carbonyl (C=O) groups is 2. The van der Waals surface area contributed by atoms with Crippen LogP contribution in [0.15, 0.2) is 6.07 Å². The molecule has 1 aromatic heterocycles. The van der Waals surface area contributed by atoms with Crippen molar-refractivity contribution >= 4 is 17.8 Å². The first kappa shape index (κ1) is 17.6. The molecule has 0 unspecified atom stereocenters. The Balaban J connectivity index is 1.72. The molecule has 0 bridgehead atoms. The van der Waals surface area contributed by atoms with Crippen LogP contribution in [0.4, 0.5) is 10.6 Å². The third-order valence-electron chi connectivity index (χ3n) is 5.43. The zero-order valence-corrected chi connectivity index (χ0v) is 15.3. The summed E-state index contributed by atoms with van der Waals surface area (Å²) < 4.78 is 0. The van der Waals surface area contributed by atoms with Crippen LogP contribution in [-0.4, -0.2) is 40.5 Å². The van der Waals surface area contributed by atoms with Crippen LogP contribution in [0.1, 0.15) is 51.0 Å². The minimum atomic E-state index is -0.752. The summed E-state index contributed by atoms with van der Waals surface area (Å²) in [5.41, 5.74) is 0.331. The van der Waals surface area contributed by atoms with Crippen molar-refractivity contribution in [1.82, 2.24) is 20.6 Å². The van der Waals surface area contributed by atoms with E-state index in [1.807, 2.05) is 13.8 Å². The van der Waals surface area contributed by atoms with Crippen LogP contribution >= 0.6 is 0 Å². The van der Waals surface area contributed by atoms with Gasteiger partial charge in [0.05, 0.1) is 0 Å². The minimum Gasteiger partial charge on any atom is -0.356 e. The highest BCUT2D eigenvalue weighted by Gasteiger charge is 2.50. The maximum absolute atomic E-state index is 12.3. The molecule has 0 aliphatic carbocycles. The quantitative estimate of drug-likeness (QED) is 0.797. The maximum atomic E-state index is 12.3. The Morgan fingerprint density at radius 1 is 1.24 bits per heavy atom. The lowest BCUT2D eigenvalue weighted by Crippen LogP contribution is -2.55. The molecule has 3 heterocycles. The van der Waals surface area contributed by atoms with E-state index in [0.717, 1.165) is 56.1 Å². The number of nitrogens with zero attached hydrogens (tertiary/aromatic N) is 3. The molecule has 0 spiro atoms. The average molecular weight is 345 g/mol. The number of imide groups is 1. The Kier molecular flexibility index (Phi) is 4.92. The molecule has 2 N–H and O–H groups in total. The smallest absolute Gasteiger partial charge is 0.322 e. The van der Waals surface area contributed by atoms with E-state index >= 15 is 0 Å². The highest BCUT2D eigenvalue weighted by molar-refractivity contribution is 6.07. The standard InChI is InChI=1S/C18H27N5O2/c1-4-6-14-11-15(20-12(3)19-14)23-9-7-13(8-10-23)18(5-2)16(24)21-17(25)22-18/h11,13H,4-10H2,1-3H3,(H2,21,22,24,25)/t18-/m1/s1. The molecule has 136 valence electrons. The highest BCUT2D eigenvalue weighted by atomic mass is 16.2. The van der Waals surface area contributed by atoms with Gasteiger partial charge in [-0.15, -0.1) is 0 Å². The van der Waals surface area contributed by atoms with Gasteiger partial charge in [-0.25, -0.2) is 14.8 Å². The van der Waals surface area contributed by atoms with Crippen molar-refractivity contribution in [3.63, 3.8) is 0 Å². The summed E-state index contributed by atoms with van der Waals surface area (Å²) in [5.74, 6) is 1.75. The Labute approximate surface area is 148 Å². The number of carbonyl (C=O) groups excluding carboxylic acids is 2.